The van der Waals surface area contributed by atoms with Gasteiger partial charge in [0.15, 0.2) is 11.5 Å². The van der Waals surface area contributed by atoms with Crippen LogP contribution in [0.2, 0.25) is 0 Å². The lowest BCUT2D eigenvalue weighted by Crippen LogP contribution is -2.38. The van der Waals surface area contributed by atoms with Crippen molar-refractivity contribution < 1.29 is 45.4 Å². The smallest absolute Gasteiger partial charge is 0.454 e. The number of benzene rings is 1. The number of carbonyl (C=O) groups excluding carboxylic acids is 3. The maximum Gasteiger partial charge on any atom is 0.471 e. The number of hydrogen-bond donors (Lipinski definition) is 1. The molecule has 3 amide bonds. The molecule has 14 heteroatoms. The van der Waals surface area contributed by atoms with Crippen molar-refractivity contribution in [3.8, 4) is 11.5 Å². The van der Waals surface area contributed by atoms with Crippen molar-refractivity contribution in [3.05, 3.63) is 39.6 Å². The van der Waals surface area contributed by atoms with Gasteiger partial charge in [0.05, 0.1) is 23.0 Å². The molecule has 0 saturated heterocycles. The van der Waals surface area contributed by atoms with Crippen molar-refractivity contribution in [2.24, 2.45) is 0 Å². The number of nitrogens with zero attached hydrogens (tertiary/aromatic N) is 1. The van der Waals surface area contributed by atoms with Crippen LogP contribution in [0.5, 0.6) is 11.5 Å². The summed E-state index contributed by atoms with van der Waals surface area (Å²) in [5.41, 5.74) is -0.647. The lowest BCUT2D eigenvalue weighted by atomic mass is 10.1. The zero-order chi connectivity index (χ0) is 23.4. The van der Waals surface area contributed by atoms with Crippen LogP contribution in [-0.4, -0.2) is 56.0 Å². The van der Waals surface area contributed by atoms with E-state index >= 15 is 0 Å². The Labute approximate surface area is 182 Å². The number of imide groups is 1. The summed E-state index contributed by atoms with van der Waals surface area (Å²) in [6.45, 7) is -0.0589. The Balaban J connectivity index is 1.73. The van der Waals surface area contributed by atoms with Crippen molar-refractivity contribution in [2.45, 2.75) is 12.2 Å². The van der Waals surface area contributed by atoms with Crippen LogP contribution in [0, 0.1) is 0 Å². The molecule has 0 fully saturated rings. The fourth-order valence-corrected chi connectivity index (χ4v) is 5.19. The average molecular weight is 490 g/mol. The second-order valence-electron chi connectivity index (χ2n) is 7.01. The van der Waals surface area contributed by atoms with E-state index in [1.165, 1.54) is 18.2 Å². The highest BCUT2D eigenvalue weighted by Gasteiger charge is 2.46. The van der Waals surface area contributed by atoms with Crippen molar-refractivity contribution >= 4 is 44.6 Å². The third-order valence-electron chi connectivity index (χ3n) is 4.70. The molecule has 3 heterocycles. The molecule has 1 N–H and O–H groups in total. The van der Waals surface area contributed by atoms with Crippen molar-refractivity contribution in [3.63, 3.8) is 0 Å². The van der Waals surface area contributed by atoms with Gasteiger partial charge in [0.2, 0.25) is 6.79 Å². The van der Waals surface area contributed by atoms with Crippen molar-refractivity contribution in [2.75, 3.05) is 24.1 Å². The summed E-state index contributed by atoms with van der Waals surface area (Å²) in [5, 5.41) is 2.64. The van der Waals surface area contributed by atoms with Gasteiger partial charge in [0.25, 0.3) is 11.8 Å². The van der Waals surface area contributed by atoms with E-state index in [-0.39, 0.29) is 23.0 Å². The second kappa shape index (κ2) is 7.48. The predicted molar refractivity (Wildman–Crippen MR) is 105 cm³/mol. The molecule has 0 bridgehead atoms. The monoisotopic (exact) mass is 490 g/mol. The number of rotatable bonds is 5. The second-order valence-corrected chi connectivity index (χ2v) is 10.1. The summed E-state index contributed by atoms with van der Waals surface area (Å²) in [7, 11) is -3.72. The zero-order valence-corrected chi connectivity index (χ0v) is 17.7. The van der Waals surface area contributed by atoms with E-state index in [9.17, 15) is 36.0 Å². The third kappa shape index (κ3) is 3.90. The van der Waals surface area contributed by atoms with Crippen LogP contribution in [0.25, 0.3) is 0 Å². The molecule has 1 aromatic carbocycles. The Hall–Kier alpha value is -3.13. The molecular weight excluding hydrogens is 477 g/mol. The van der Waals surface area contributed by atoms with Gasteiger partial charge in [-0.15, -0.1) is 11.3 Å². The SMILES string of the molecule is CS(=O)(=O)C[C@H](c1ccc2c(c1)OCO2)N1C(=O)c2scc(NC(=O)C(F)(F)F)c2C1=O. The summed E-state index contributed by atoms with van der Waals surface area (Å²) < 4.78 is 72.5. The number of thiophene rings is 1. The molecular formula is C18H13F3N2O7S2. The highest BCUT2D eigenvalue weighted by atomic mass is 32.2. The first kappa shape index (κ1) is 22.1. The fourth-order valence-electron chi connectivity index (χ4n) is 3.34. The molecule has 9 nitrogen and oxygen atoms in total. The first-order valence-corrected chi connectivity index (χ1v) is 11.8. The Morgan fingerprint density at radius 1 is 1.22 bits per heavy atom. The lowest BCUT2D eigenvalue weighted by Gasteiger charge is -2.26. The molecule has 2 aromatic rings. The van der Waals surface area contributed by atoms with E-state index in [0.29, 0.717) is 22.0 Å². The number of alkyl halides is 3. The highest BCUT2D eigenvalue weighted by molar-refractivity contribution is 7.90. The number of sulfone groups is 1. The topological polar surface area (TPSA) is 119 Å². The van der Waals surface area contributed by atoms with Crippen LogP contribution in [0.15, 0.2) is 23.6 Å². The number of nitrogens with one attached hydrogen (secondary N) is 1. The van der Waals surface area contributed by atoms with Crippen molar-refractivity contribution in [1.29, 1.82) is 0 Å². The lowest BCUT2D eigenvalue weighted by molar-refractivity contribution is -0.167. The number of halogens is 3. The fraction of sp³-hybridized carbons (Fsp3) is 0.278. The number of anilines is 1. The zero-order valence-electron chi connectivity index (χ0n) is 16.1. The van der Waals surface area contributed by atoms with Crippen LogP contribution in [-0.2, 0) is 14.6 Å². The third-order valence-corrected chi connectivity index (χ3v) is 6.59. The Kier molecular flexibility index (Phi) is 5.16. The molecule has 0 unspecified atom stereocenters. The van der Waals surface area contributed by atoms with E-state index in [0.717, 1.165) is 11.6 Å². The molecule has 0 spiro atoms. The van der Waals surface area contributed by atoms with E-state index in [1.807, 2.05) is 0 Å². The highest BCUT2D eigenvalue weighted by Crippen LogP contribution is 2.42. The molecule has 1 aromatic heterocycles. The van der Waals surface area contributed by atoms with Crippen molar-refractivity contribution in [1.82, 2.24) is 4.90 Å². The molecule has 0 aliphatic carbocycles. The van der Waals surface area contributed by atoms with Crippen LogP contribution >= 0.6 is 11.3 Å². The van der Waals surface area contributed by atoms with Gasteiger partial charge < -0.3 is 14.8 Å². The molecule has 2 aliphatic rings. The van der Waals surface area contributed by atoms with Gasteiger partial charge in [-0.3, -0.25) is 19.3 Å². The summed E-state index contributed by atoms with van der Waals surface area (Å²) in [4.78, 5) is 37.8. The standard InChI is InChI=1S/C18H13F3N2O7S2/c1-32(27,28)6-10(8-2-3-11-12(4-8)30-7-29-11)23-15(24)13-9(5-31-14(13)16(23)25)22-17(26)18(19,20)21/h2-5,10H,6-7H2,1H3,(H,22,26)/t10-/m1/s1. The Morgan fingerprint density at radius 3 is 2.56 bits per heavy atom. The largest absolute Gasteiger partial charge is 0.471 e. The Bertz CT molecular complexity index is 1250. The minimum Gasteiger partial charge on any atom is -0.454 e. The maximum absolute atomic E-state index is 13.1. The summed E-state index contributed by atoms with van der Waals surface area (Å²) in [6, 6.07) is 3.09. The van der Waals surface area contributed by atoms with Gasteiger partial charge >= 0.3 is 12.1 Å². The van der Waals surface area contributed by atoms with E-state index < -0.39 is 56.8 Å². The summed E-state index contributed by atoms with van der Waals surface area (Å²) >= 11 is 0.669. The normalized spacial score (nSPS) is 16.3. The maximum atomic E-state index is 13.1. The van der Waals surface area contributed by atoms with Gasteiger partial charge in [0.1, 0.15) is 14.7 Å². The first-order valence-electron chi connectivity index (χ1n) is 8.81. The van der Waals surface area contributed by atoms with Gasteiger partial charge in [0, 0.05) is 11.6 Å². The van der Waals surface area contributed by atoms with Gasteiger partial charge in [-0.05, 0) is 17.7 Å². The Morgan fingerprint density at radius 2 is 1.91 bits per heavy atom. The minimum absolute atomic E-state index is 0.0589. The number of fused-ring (bicyclic) bond motifs is 2. The molecule has 4 rings (SSSR count). The number of amides is 3. The number of carbonyl (C=O) groups is 3. The predicted octanol–water partition coefficient (Wildman–Crippen LogP) is 2.36. The molecule has 1 atom stereocenters. The van der Waals surface area contributed by atoms with Crippen LogP contribution in [0.1, 0.15) is 31.6 Å². The molecule has 2 aliphatic heterocycles. The first-order chi connectivity index (χ1) is 14.9. The number of hydrogen-bond acceptors (Lipinski definition) is 8. The van der Waals surface area contributed by atoms with Gasteiger partial charge in [-0.2, -0.15) is 13.2 Å². The molecule has 0 saturated carbocycles. The molecule has 0 radical (unpaired) electrons. The van der Waals surface area contributed by atoms with E-state index in [1.54, 1.807) is 5.32 Å². The van der Waals surface area contributed by atoms with E-state index in [4.69, 9.17) is 9.47 Å². The quantitative estimate of drug-likeness (QED) is 0.639. The van der Waals surface area contributed by atoms with Crippen LogP contribution in [0.3, 0.4) is 0 Å². The van der Waals surface area contributed by atoms with Gasteiger partial charge in [-0.1, -0.05) is 6.07 Å². The molecule has 32 heavy (non-hydrogen) atoms. The van der Waals surface area contributed by atoms with Crippen LogP contribution in [0.4, 0.5) is 18.9 Å². The minimum atomic E-state index is -5.20. The average Bonchev–Trinajstić information content (AvgIpc) is 3.36. The van der Waals surface area contributed by atoms with Crippen LogP contribution < -0.4 is 14.8 Å². The number of ether oxygens (including phenoxy) is 2. The molecule has 170 valence electrons. The van der Waals surface area contributed by atoms with Gasteiger partial charge in [-0.25, -0.2) is 8.42 Å². The summed E-state index contributed by atoms with van der Waals surface area (Å²) in [6.07, 6.45) is -4.28. The van der Waals surface area contributed by atoms with E-state index in [2.05, 4.69) is 0 Å². The summed E-state index contributed by atoms with van der Waals surface area (Å²) in [5.74, 6) is -4.16.